The summed E-state index contributed by atoms with van der Waals surface area (Å²) in [7, 11) is -3.58. The van der Waals surface area contributed by atoms with Gasteiger partial charge in [0.2, 0.25) is 0 Å². The Bertz CT molecular complexity index is 229. The van der Waals surface area contributed by atoms with E-state index in [2.05, 4.69) is 60.4 Å². The van der Waals surface area contributed by atoms with Gasteiger partial charge in [0.25, 0.3) is 0 Å². The molecule has 0 aliphatic rings. The molecule has 0 amide bonds. The second-order valence-corrected chi connectivity index (χ2v) is 27.1. The van der Waals surface area contributed by atoms with Gasteiger partial charge >= 0.3 is 0 Å². The summed E-state index contributed by atoms with van der Waals surface area (Å²) in [5.74, 6) is 0. The van der Waals surface area contributed by atoms with E-state index in [9.17, 15) is 4.80 Å². The molecule has 108 valence electrons. The number of hydrogen-bond acceptors (Lipinski definition) is 1. The van der Waals surface area contributed by atoms with Gasteiger partial charge in [0.1, 0.15) is 0 Å². The second kappa shape index (κ2) is 7.01. The molecule has 3 unspecified atom stereocenters. The van der Waals surface area contributed by atoms with Gasteiger partial charge in [0, 0.05) is 24.7 Å². The number of hydrogen-bond donors (Lipinski definition) is 1. The molecule has 0 fully saturated rings. The van der Waals surface area contributed by atoms with Gasteiger partial charge in [-0.05, 0) is 17.8 Å². The Morgan fingerprint density at radius 3 is 1.61 bits per heavy atom. The van der Waals surface area contributed by atoms with E-state index in [0.29, 0.717) is 5.16 Å². The highest BCUT2D eigenvalue weighted by molar-refractivity contribution is 7.28. The van der Waals surface area contributed by atoms with Crippen molar-refractivity contribution in [1.82, 2.24) is 0 Å². The van der Waals surface area contributed by atoms with E-state index in [1.807, 2.05) is 0 Å². The molecular formula is C13H34OSi4. The highest BCUT2D eigenvalue weighted by Crippen LogP contribution is 2.34. The SMILES string of the molecule is CC[Si](C)(C)C(C)[Si](C)[Si](C)C(C)[Si](C)(O)CC. The van der Waals surface area contributed by atoms with Crippen LogP contribution < -0.4 is 0 Å². The highest BCUT2D eigenvalue weighted by atomic mass is 29.2. The summed E-state index contributed by atoms with van der Waals surface area (Å²) in [6.07, 6.45) is 0. The minimum Gasteiger partial charge on any atom is -0.432 e. The molecule has 3 atom stereocenters. The molecule has 1 nitrogen and oxygen atoms in total. The quantitative estimate of drug-likeness (QED) is 0.686. The summed E-state index contributed by atoms with van der Waals surface area (Å²) in [6, 6.07) is 2.43. The lowest BCUT2D eigenvalue weighted by molar-refractivity contribution is 0.535. The Labute approximate surface area is 121 Å². The summed E-state index contributed by atoms with van der Waals surface area (Å²) in [4.78, 5) is 10.6. The number of rotatable bonds is 7. The van der Waals surface area contributed by atoms with Gasteiger partial charge in [-0.25, -0.2) is 0 Å². The zero-order valence-electron chi connectivity index (χ0n) is 14.0. The van der Waals surface area contributed by atoms with Gasteiger partial charge in [-0.3, -0.25) is 0 Å². The molecule has 5 heteroatoms. The maximum atomic E-state index is 10.6. The summed E-state index contributed by atoms with van der Waals surface area (Å²) in [5, 5.41) is 1.63. The van der Waals surface area contributed by atoms with Crippen molar-refractivity contribution >= 4 is 33.0 Å². The van der Waals surface area contributed by atoms with E-state index < -0.39 is 16.4 Å². The molecule has 0 saturated heterocycles. The Kier molecular flexibility index (Phi) is 7.34. The normalized spacial score (nSPS) is 20.0. The molecule has 0 aliphatic heterocycles. The average Bonchev–Trinajstić information content (AvgIpc) is 2.34. The minimum atomic E-state index is -1.94. The van der Waals surface area contributed by atoms with Crippen LogP contribution in [0.3, 0.4) is 0 Å². The van der Waals surface area contributed by atoms with Gasteiger partial charge < -0.3 is 4.80 Å². The monoisotopic (exact) mass is 318 g/mol. The third kappa shape index (κ3) is 4.44. The maximum absolute atomic E-state index is 10.6. The van der Waals surface area contributed by atoms with E-state index in [1.54, 1.807) is 0 Å². The Balaban J connectivity index is 4.84. The molecule has 2 radical (unpaired) electrons. The molecule has 0 aromatic carbocycles. The topological polar surface area (TPSA) is 20.2 Å². The first-order valence-corrected chi connectivity index (χ1v) is 18.6. The van der Waals surface area contributed by atoms with Crippen molar-refractivity contribution in [3.05, 3.63) is 0 Å². The van der Waals surface area contributed by atoms with Crippen LogP contribution in [-0.4, -0.2) is 37.8 Å². The van der Waals surface area contributed by atoms with E-state index in [4.69, 9.17) is 0 Å². The predicted octanol–water partition coefficient (Wildman–Crippen LogP) is 4.49. The summed E-state index contributed by atoms with van der Waals surface area (Å²) < 4.78 is 0. The van der Waals surface area contributed by atoms with Gasteiger partial charge in [-0.2, -0.15) is 0 Å². The van der Waals surface area contributed by atoms with Crippen LogP contribution in [0.5, 0.6) is 0 Å². The molecule has 0 heterocycles. The van der Waals surface area contributed by atoms with Crippen molar-refractivity contribution in [2.45, 2.75) is 82.8 Å². The molecule has 0 aliphatic carbocycles. The third-order valence-corrected chi connectivity index (χ3v) is 31.8. The molecular weight excluding hydrogens is 284 g/mol. The zero-order valence-corrected chi connectivity index (χ0v) is 18.0. The standard InChI is InChI=1S/C13H34OSi4/c1-10-17(7,8)12(3)15(5)16(6)13(4)18(9,14)11-2/h12-14H,10-11H2,1-9H3. The maximum Gasteiger partial charge on any atom is 0.185 e. The lowest BCUT2D eigenvalue weighted by Crippen LogP contribution is -2.52. The summed E-state index contributed by atoms with van der Waals surface area (Å²) in [5.41, 5.74) is 0. The molecule has 0 aromatic heterocycles. The Morgan fingerprint density at radius 1 is 0.889 bits per heavy atom. The molecule has 0 rings (SSSR count). The van der Waals surface area contributed by atoms with Crippen molar-refractivity contribution in [3.63, 3.8) is 0 Å². The first-order chi connectivity index (χ1) is 8.01. The van der Waals surface area contributed by atoms with Crippen molar-refractivity contribution in [2.75, 3.05) is 0 Å². The van der Waals surface area contributed by atoms with E-state index >= 15 is 0 Å². The van der Waals surface area contributed by atoms with Crippen LogP contribution in [0.15, 0.2) is 0 Å². The smallest absolute Gasteiger partial charge is 0.185 e. The fraction of sp³-hybridized carbons (Fsp3) is 1.00. The van der Waals surface area contributed by atoms with Crippen molar-refractivity contribution < 1.29 is 4.80 Å². The van der Waals surface area contributed by atoms with Gasteiger partial charge in [-0.1, -0.05) is 65.1 Å². The third-order valence-electron chi connectivity index (χ3n) is 5.65. The van der Waals surface area contributed by atoms with Crippen molar-refractivity contribution in [2.24, 2.45) is 0 Å². The van der Waals surface area contributed by atoms with Gasteiger partial charge in [-0.15, -0.1) is 0 Å². The molecule has 18 heavy (non-hydrogen) atoms. The van der Waals surface area contributed by atoms with Crippen LogP contribution in [0.2, 0.25) is 55.2 Å². The zero-order chi connectivity index (χ0) is 14.7. The van der Waals surface area contributed by atoms with E-state index in [1.165, 1.54) is 6.04 Å². The first-order valence-electron chi connectivity index (χ1n) is 7.40. The van der Waals surface area contributed by atoms with Crippen molar-refractivity contribution in [3.8, 4) is 0 Å². The van der Waals surface area contributed by atoms with Gasteiger partial charge in [0.15, 0.2) is 8.32 Å². The average molecular weight is 319 g/mol. The van der Waals surface area contributed by atoms with Crippen LogP contribution >= 0.6 is 0 Å². The summed E-state index contributed by atoms with van der Waals surface area (Å²) in [6.45, 7) is 21.8. The molecule has 0 saturated carbocycles. The lowest BCUT2D eigenvalue weighted by atomic mass is 10.9. The highest BCUT2D eigenvalue weighted by Gasteiger charge is 2.41. The van der Waals surface area contributed by atoms with Crippen LogP contribution in [0.4, 0.5) is 0 Å². The first kappa shape index (κ1) is 18.8. The lowest BCUT2D eigenvalue weighted by Gasteiger charge is -2.39. The fourth-order valence-electron chi connectivity index (χ4n) is 2.35. The molecule has 0 spiro atoms. The second-order valence-electron chi connectivity index (χ2n) is 6.86. The van der Waals surface area contributed by atoms with Gasteiger partial charge in [0.05, 0.1) is 0 Å². The van der Waals surface area contributed by atoms with Crippen LogP contribution in [-0.2, 0) is 0 Å². The van der Waals surface area contributed by atoms with E-state index in [-0.39, 0.29) is 16.6 Å². The molecule has 1 N–H and O–H groups in total. The van der Waals surface area contributed by atoms with Crippen molar-refractivity contribution in [1.29, 1.82) is 0 Å². The Hall–Kier alpha value is 0.828. The van der Waals surface area contributed by atoms with Crippen LogP contribution in [0, 0.1) is 0 Å². The largest absolute Gasteiger partial charge is 0.432 e. The molecule has 0 bridgehead atoms. The Morgan fingerprint density at radius 2 is 1.28 bits per heavy atom. The van der Waals surface area contributed by atoms with Crippen LogP contribution in [0.1, 0.15) is 27.7 Å². The fourth-order valence-corrected chi connectivity index (χ4v) is 29.1. The minimum absolute atomic E-state index is 0.267. The molecule has 0 aromatic rings. The summed E-state index contributed by atoms with van der Waals surface area (Å²) >= 11 is 0. The predicted molar refractivity (Wildman–Crippen MR) is 94.4 cm³/mol. The van der Waals surface area contributed by atoms with E-state index in [0.717, 1.165) is 11.2 Å². The van der Waals surface area contributed by atoms with Crippen LogP contribution in [0.25, 0.3) is 0 Å².